The number of rotatable bonds is 2. The molecular formula is C16H16BrCl2N3O2. The van der Waals surface area contributed by atoms with Crippen molar-refractivity contribution in [3.8, 4) is 0 Å². The van der Waals surface area contributed by atoms with Crippen LogP contribution in [0.5, 0.6) is 0 Å². The van der Waals surface area contributed by atoms with E-state index >= 15 is 0 Å². The second-order valence-corrected chi connectivity index (χ2v) is 6.63. The smallest absolute Gasteiger partial charge is 0.262 e. The molecule has 1 saturated heterocycles. The summed E-state index contributed by atoms with van der Waals surface area (Å²) in [6, 6.07) is 8.99. The maximum Gasteiger partial charge on any atom is 0.262 e. The number of piperazine rings is 1. The lowest BCUT2D eigenvalue weighted by Crippen LogP contribution is -2.48. The number of carbonyl (C=O) groups is 1. The van der Waals surface area contributed by atoms with Gasteiger partial charge in [-0.2, -0.15) is 0 Å². The van der Waals surface area contributed by atoms with Gasteiger partial charge in [-0.05, 0) is 39.7 Å². The summed E-state index contributed by atoms with van der Waals surface area (Å²) in [5.41, 5.74) is 1.18. The number of carbonyl (C=O) groups excluding carboxylic acids is 1. The number of aromatic nitrogens is 1. The number of hydrogen-bond donors (Lipinski definition) is 2. The highest BCUT2D eigenvalue weighted by molar-refractivity contribution is 9.10. The second kappa shape index (κ2) is 8.16. The molecule has 0 aliphatic carbocycles. The molecule has 0 bridgehead atoms. The van der Waals surface area contributed by atoms with E-state index in [2.05, 4.69) is 26.2 Å². The Labute approximate surface area is 158 Å². The van der Waals surface area contributed by atoms with E-state index in [9.17, 15) is 9.59 Å². The zero-order chi connectivity index (χ0) is 16.4. The molecule has 24 heavy (non-hydrogen) atoms. The summed E-state index contributed by atoms with van der Waals surface area (Å²) in [6.45, 7) is 1.98. The summed E-state index contributed by atoms with van der Waals surface area (Å²) >= 11 is 9.24. The van der Waals surface area contributed by atoms with E-state index in [1.165, 1.54) is 6.20 Å². The molecule has 3 rings (SSSR count). The van der Waals surface area contributed by atoms with Crippen molar-refractivity contribution in [2.75, 3.05) is 19.6 Å². The lowest BCUT2D eigenvalue weighted by Gasteiger charge is -2.36. The summed E-state index contributed by atoms with van der Waals surface area (Å²) in [5, 5.41) is 3.95. The predicted molar refractivity (Wildman–Crippen MR) is 100 cm³/mol. The molecule has 1 fully saturated rings. The van der Waals surface area contributed by atoms with Crippen LogP contribution in [0.1, 0.15) is 22.0 Å². The van der Waals surface area contributed by atoms with Crippen molar-refractivity contribution in [1.82, 2.24) is 15.2 Å². The van der Waals surface area contributed by atoms with Gasteiger partial charge in [-0.1, -0.05) is 23.7 Å². The van der Waals surface area contributed by atoms with Crippen LogP contribution >= 0.6 is 39.9 Å². The van der Waals surface area contributed by atoms with E-state index < -0.39 is 0 Å². The van der Waals surface area contributed by atoms with Crippen molar-refractivity contribution in [3.05, 3.63) is 67.5 Å². The summed E-state index contributed by atoms with van der Waals surface area (Å²) < 4.78 is 0.345. The van der Waals surface area contributed by atoms with E-state index in [0.29, 0.717) is 28.1 Å². The van der Waals surface area contributed by atoms with E-state index in [4.69, 9.17) is 11.6 Å². The highest BCUT2D eigenvalue weighted by Crippen LogP contribution is 2.26. The molecule has 5 nitrogen and oxygen atoms in total. The first-order valence-corrected chi connectivity index (χ1v) is 8.39. The first-order valence-electron chi connectivity index (χ1n) is 7.21. The van der Waals surface area contributed by atoms with Gasteiger partial charge in [-0.3, -0.25) is 9.59 Å². The van der Waals surface area contributed by atoms with Crippen molar-refractivity contribution in [1.29, 1.82) is 0 Å². The Bertz CT molecular complexity index is 797. The van der Waals surface area contributed by atoms with E-state index in [0.717, 1.165) is 12.1 Å². The average molecular weight is 433 g/mol. The Kier molecular flexibility index (Phi) is 6.46. The van der Waals surface area contributed by atoms with Crippen LogP contribution in [0.25, 0.3) is 0 Å². The minimum atomic E-state index is -0.256. The number of benzene rings is 1. The van der Waals surface area contributed by atoms with Gasteiger partial charge >= 0.3 is 0 Å². The van der Waals surface area contributed by atoms with E-state index in [1.54, 1.807) is 6.07 Å². The lowest BCUT2D eigenvalue weighted by molar-refractivity contribution is 0.0634. The Morgan fingerprint density at radius 3 is 2.83 bits per heavy atom. The minimum Gasteiger partial charge on any atom is -0.329 e. The van der Waals surface area contributed by atoms with E-state index in [1.807, 2.05) is 29.2 Å². The number of hydrogen-bond acceptors (Lipinski definition) is 3. The molecule has 8 heteroatoms. The van der Waals surface area contributed by atoms with Gasteiger partial charge in [0.1, 0.15) is 0 Å². The van der Waals surface area contributed by atoms with Crippen LogP contribution < -0.4 is 10.9 Å². The maximum atomic E-state index is 12.9. The van der Waals surface area contributed by atoms with Gasteiger partial charge in [0.15, 0.2) is 0 Å². The number of pyridine rings is 1. The lowest BCUT2D eigenvalue weighted by atomic mass is 10.0. The van der Waals surface area contributed by atoms with Crippen molar-refractivity contribution < 1.29 is 4.79 Å². The van der Waals surface area contributed by atoms with Crippen molar-refractivity contribution in [2.24, 2.45) is 0 Å². The predicted octanol–water partition coefficient (Wildman–Crippen LogP) is 3.00. The third-order valence-corrected chi connectivity index (χ3v) is 4.67. The molecule has 1 atom stereocenters. The molecule has 0 spiro atoms. The van der Waals surface area contributed by atoms with Gasteiger partial charge in [0, 0.05) is 30.9 Å². The molecule has 2 aromatic rings. The highest BCUT2D eigenvalue weighted by atomic mass is 79.9. The summed E-state index contributed by atoms with van der Waals surface area (Å²) in [4.78, 5) is 28.7. The Morgan fingerprint density at radius 2 is 2.12 bits per heavy atom. The van der Waals surface area contributed by atoms with Gasteiger partial charge in [0.05, 0.1) is 16.1 Å². The molecule has 128 valence electrons. The van der Waals surface area contributed by atoms with Crippen LogP contribution in [-0.4, -0.2) is 35.4 Å². The topological polar surface area (TPSA) is 65.2 Å². The minimum absolute atomic E-state index is 0. The quantitative estimate of drug-likeness (QED) is 0.766. The number of H-pyrrole nitrogens is 1. The number of nitrogens with zero attached hydrogens (tertiary/aromatic N) is 1. The largest absolute Gasteiger partial charge is 0.329 e. The fraction of sp³-hybridized carbons (Fsp3) is 0.250. The van der Waals surface area contributed by atoms with Crippen molar-refractivity contribution in [2.45, 2.75) is 6.04 Å². The zero-order valence-electron chi connectivity index (χ0n) is 12.6. The number of aromatic amines is 1. The maximum absolute atomic E-state index is 12.9. The second-order valence-electron chi connectivity index (χ2n) is 5.34. The van der Waals surface area contributed by atoms with Crippen LogP contribution in [0.4, 0.5) is 0 Å². The summed E-state index contributed by atoms with van der Waals surface area (Å²) in [5.74, 6) is -0.117. The molecular weight excluding hydrogens is 417 g/mol. The summed E-state index contributed by atoms with van der Waals surface area (Å²) in [7, 11) is 0. The Hall–Kier alpha value is -1.34. The summed E-state index contributed by atoms with van der Waals surface area (Å²) in [6.07, 6.45) is 1.45. The fourth-order valence-corrected chi connectivity index (χ4v) is 3.26. The monoisotopic (exact) mass is 431 g/mol. The van der Waals surface area contributed by atoms with Gasteiger partial charge in [-0.15, -0.1) is 12.4 Å². The number of nitrogens with one attached hydrogen (secondary N) is 2. The van der Waals surface area contributed by atoms with Crippen LogP contribution in [0.3, 0.4) is 0 Å². The third kappa shape index (κ3) is 4.00. The molecule has 1 aliphatic rings. The number of halogens is 3. The standard InChI is InChI=1S/C16H15BrClN3O2.ClH/c17-13-7-11(8-20-15(13)22)16(23)21-5-4-19-9-14(21)10-2-1-3-12(18)6-10;/h1-3,6-8,14,19H,4-5,9H2,(H,20,22);1H. The fourth-order valence-electron chi connectivity index (χ4n) is 2.70. The molecule has 1 aromatic carbocycles. The Morgan fingerprint density at radius 1 is 1.33 bits per heavy atom. The van der Waals surface area contributed by atoms with Gasteiger partial charge in [-0.25, -0.2) is 0 Å². The highest BCUT2D eigenvalue weighted by Gasteiger charge is 2.29. The van der Waals surface area contributed by atoms with Crippen LogP contribution in [0.15, 0.2) is 45.8 Å². The van der Waals surface area contributed by atoms with Crippen LogP contribution in [0, 0.1) is 0 Å². The van der Waals surface area contributed by atoms with Crippen molar-refractivity contribution in [3.63, 3.8) is 0 Å². The molecule has 0 saturated carbocycles. The van der Waals surface area contributed by atoms with Crippen LogP contribution in [-0.2, 0) is 0 Å². The third-order valence-electron chi connectivity index (χ3n) is 3.84. The first-order chi connectivity index (χ1) is 11.1. The number of amides is 1. The molecule has 2 N–H and O–H groups in total. The molecule has 2 heterocycles. The Balaban J connectivity index is 0.00000208. The molecule has 1 aromatic heterocycles. The first kappa shape index (κ1) is 19.0. The van der Waals surface area contributed by atoms with Gasteiger partial charge < -0.3 is 15.2 Å². The normalized spacial score (nSPS) is 17.2. The van der Waals surface area contributed by atoms with E-state index in [-0.39, 0.29) is 29.9 Å². The van der Waals surface area contributed by atoms with Crippen LogP contribution in [0.2, 0.25) is 5.02 Å². The molecule has 0 radical (unpaired) electrons. The van der Waals surface area contributed by atoms with Crippen molar-refractivity contribution >= 4 is 45.8 Å². The average Bonchev–Trinajstić information content (AvgIpc) is 2.57. The molecule has 1 amide bonds. The SMILES string of the molecule is Cl.O=C(c1c[nH]c(=O)c(Br)c1)N1CCNCC1c1cccc(Cl)c1. The van der Waals surface area contributed by atoms with Gasteiger partial charge in [0.25, 0.3) is 11.5 Å². The molecule has 1 unspecified atom stereocenters. The van der Waals surface area contributed by atoms with Gasteiger partial charge in [0.2, 0.25) is 0 Å². The molecule has 1 aliphatic heterocycles. The zero-order valence-corrected chi connectivity index (χ0v) is 15.7.